The number of ether oxygens (including phenoxy) is 1. The highest BCUT2D eigenvalue weighted by atomic mass is 16.5. The first-order valence-electron chi connectivity index (χ1n) is 5.63. The zero-order valence-corrected chi connectivity index (χ0v) is 9.33. The third kappa shape index (κ3) is 1.75. The summed E-state index contributed by atoms with van der Waals surface area (Å²) in [4.78, 5) is 13.6. The van der Waals surface area contributed by atoms with Crippen molar-refractivity contribution in [2.75, 3.05) is 31.3 Å². The van der Waals surface area contributed by atoms with Gasteiger partial charge in [-0.3, -0.25) is 0 Å². The number of aromatic amines is 1. The maximum absolute atomic E-state index is 9.37. The second kappa shape index (κ2) is 4.31. The Morgan fingerprint density at radius 1 is 1.53 bits per heavy atom. The maximum atomic E-state index is 9.37. The van der Waals surface area contributed by atoms with Gasteiger partial charge in [-0.25, -0.2) is 9.97 Å². The summed E-state index contributed by atoms with van der Waals surface area (Å²) < 4.78 is 5.37. The molecule has 0 spiro atoms. The molecule has 1 saturated heterocycles. The van der Waals surface area contributed by atoms with Crippen LogP contribution in [-0.4, -0.2) is 52.5 Å². The minimum Gasteiger partial charge on any atom is -0.394 e. The predicted octanol–water partition coefficient (Wildman–Crippen LogP) is 0.155. The van der Waals surface area contributed by atoms with Crippen LogP contribution in [0.3, 0.4) is 0 Å². The summed E-state index contributed by atoms with van der Waals surface area (Å²) in [5.74, 6) is 0.860. The molecule has 0 saturated carbocycles. The molecule has 1 aliphatic rings. The molecule has 1 fully saturated rings. The van der Waals surface area contributed by atoms with Crippen LogP contribution in [0.4, 0.5) is 5.82 Å². The van der Waals surface area contributed by atoms with Crippen LogP contribution in [0.15, 0.2) is 18.6 Å². The number of fused-ring (bicyclic) bond motifs is 1. The van der Waals surface area contributed by atoms with E-state index in [0.29, 0.717) is 13.2 Å². The van der Waals surface area contributed by atoms with E-state index >= 15 is 0 Å². The molecule has 3 rings (SSSR count). The minimum atomic E-state index is -0.0308. The monoisotopic (exact) mass is 234 g/mol. The fourth-order valence-electron chi connectivity index (χ4n) is 2.17. The molecule has 2 aromatic heterocycles. The van der Waals surface area contributed by atoms with Crippen molar-refractivity contribution in [1.82, 2.24) is 15.0 Å². The molecule has 0 unspecified atom stereocenters. The third-order valence-electron chi connectivity index (χ3n) is 3.04. The molecule has 0 amide bonds. The quantitative estimate of drug-likeness (QED) is 0.774. The van der Waals surface area contributed by atoms with Crippen molar-refractivity contribution in [2.45, 2.75) is 6.04 Å². The summed E-state index contributed by atoms with van der Waals surface area (Å²) in [7, 11) is 0. The zero-order valence-electron chi connectivity index (χ0n) is 9.33. The molecule has 1 atom stereocenters. The van der Waals surface area contributed by atoms with Gasteiger partial charge in [0.25, 0.3) is 0 Å². The molecule has 0 bridgehead atoms. The molecule has 2 aromatic rings. The Morgan fingerprint density at radius 2 is 2.47 bits per heavy atom. The average Bonchev–Trinajstić information content (AvgIpc) is 2.86. The Kier molecular flexibility index (Phi) is 2.66. The van der Waals surface area contributed by atoms with Gasteiger partial charge in [-0.2, -0.15) is 0 Å². The number of rotatable bonds is 2. The predicted molar refractivity (Wildman–Crippen MR) is 62.9 cm³/mol. The van der Waals surface area contributed by atoms with Gasteiger partial charge < -0.3 is 19.7 Å². The average molecular weight is 234 g/mol. The van der Waals surface area contributed by atoms with Gasteiger partial charge in [-0.05, 0) is 6.07 Å². The van der Waals surface area contributed by atoms with Crippen molar-refractivity contribution >= 4 is 16.9 Å². The molecule has 6 nitrogen and oxygen atoms in total. The number of nitrogens with one attached hydrogen (secondary N) is 1. The SMILES string of the molecule is OC[C@H]1COCCN1c1ncnc2[nH]ccc12. The molecule has 17 heavy (non-hydrogen) atoms. The molecule has 0 aromatic carbocycles. The molecule has 0 aliphatic carbocycles. The van der Waals surface area contributed by atoms with Crippen molar-refractivity contribution in [2.24, 2.45) is 0 Å². The lowest BCUT2D eigenvalue weighted by Crippen LogP contribution is -2.48. The number of anilines is 1. The van der Waals surface area contributed by atoms with Crippen LogP contribution in [0, 0.1) is 0 Å². The molecule has 1 aliphatic heterocycles. The van der Waals surface area contributed by atoms with Crippen molar-refractivity contribution in [3.05, 3.63) is 18.6 Å². The Hall–Kier alpha value is -1.66. The van der Waals surface area contributed by atoms with Crippen molar-refractivity contribution < 1.29 is 9.84 Å². The molecule has 2 N–H and O–H groups in total. The Bertz CT molecular complexity index is 513. The van der Waals surface area contributed by atoms with Gasteiger partial charge in [-0.1, -0.05) is 0 Å². The smallest absolute Gasteiger partial charge is 0.142 e. The lowest BCUT2D eigenvalue weighted by atomic mass is 10.2. The topological polar surface area (TPSA) is 74.3 Å². The zero-order chi connectivity index (χ0) is 11.7. The molecular weight excluding hydrogens is 220 g/mol. The van der Waals surface area contributed by atoms with Gasteiger partial charge in [-0.15, -0.1) is 0 Å². The Morgan fingerprint density at radius 3 is 3.35 bits per heavy atom. The van der Waals surface area contributed by atoms with Gasteiger partial charge >= 0.3 is 0 Å². The first kappa shape index (κ1) is 10.5. The number of hydrogen-bond donors (Lipinski definition) is 2. The van der Waals surface area contributed by atoms with E-state index in [1.807, 2.05) is 12.3 Å². The number of nitrogens with zero attached hydrogens (tertiary/aromatic N) is 3. The number of aliphatic hydroxyl groups is 1. The first-order valence-corrected chi connectivity index (χ1v) is 5.63. The number of hydrogen-bond acceptors (Lipinski definition) is 5. The highest BCUT2D eigenvalue weighted by Crippen LogP contribution is 2.24. The summed E-state index contributed by atoms with van der Waals surface area (Å²) >= 11 is 0. The molecule has 0 radical (unpaired) electrons. The van der Waals surface area contributed by atoms with Crippen LogP contribution >= 0.6 is 0 Å². The lowest BCUT2D eigenvalue weighted by molar-refractivity contribution is 0.0724. The Balaban J connectivity index is 2.04. The van der Waals surface area contributed by atoms with Crippen LogP contribution < -0.4 is 4.90 Å². The molecule has 6 heteroatoms. The number of aromatic nitrogens is 3. The number of H-pyrrole nitrogens is 1. The van der Waals surface area contributed by atoms with E-state index < -0.39 is 0 Å². The van der Waals surface area contributed by atoms with Crippen molar-refractivity contribution in [3.8, 4) is 0 Å². The van der Waals surface area contributed by atoms with E-state index in [0.717, 1.165) is 23.4 Å². The van der Waals surface area contributed by atoms with E-state index in [2.05, 4.69) is 19.9 Å². The molecular formula is C11H14N4O2. The molecule has 90 valence electrons. The second-order valence-corrected chi connectivity index (χ2v) is 4.04. The molecule has 3 heterocycles. The normalized spacial score (nSPS) is 21.0. The fourth-order valence-corrected chi connectivity index (χ4v) is 2.17. The largest absolute Gasteiger partial charge is 0.394 e. The van der Waals surface area contributed by atoms with Gasteiger partial charge in [0.15, 0.2) is 0 Å². The lowest BCUT2D eigenvalue weighted by Gasteiger charge is -2.35. The van der Waals surface area contributed by atoms with E-state index in [-0.39, 0.29) is 12.6 Å². The standard InChI is InChI=1S/C11H14N4O2/c16-5-8-6-17-4-3-15(8)11-9-1-2-12-10(9)13-7-14-11/h1-2,7-8,16H,3-6H2,(H,12,13,14)/t8-/m0/s1. The summed E-state index contributed by atoms with van der Waals surface area (Å²) in [5.41, 5.74) is 0.818. The van der Waals surface area contributed by atoms with Gasteiger partial charge in [0.1, 0.15) is 17.8 Å². The van der Waals surface area contributed by atoms with Crippen LogP contribution in [-0.2, 0) is 4.74 Å². The minimum absolute atomic E-state index is 0.0308. The highest BCUT2D eigenvalue weighted by molar-refractivity contribution is 5.87. The number of aliphatic hydroxyl groups excluding tert-OH is 1. The van der Waals surface area contributed by atoms with E-state index in [1.54, 1.807) is 0 Å². The van der Waals surface area contributed by atoms with E-state index in [1.165, 1.54) is 6.33 Å². The van der Waals surface area contributed by atoms with Crippen molar-refractivity contribution in [3.63, 3.8) is 0 Å². The third-order valence-corrected chi connectivity index (χ3v) is 3.04. The first-order chi connectivity index (χ1) is 8.40. The van der Waals surface area contributed by atoms with E-state index in [9.17, 15) is 5.11 Å². The van der Waals surface area contributed by atoms with Crippen LogP contribution in [0.25, 0.3) is 11.0 Å². The second-order valence-electron chi connectivity index (χ2n) is 4.04. The summed E-state index contributed by atoms with van der Waals surface area (Å²) in [6.07, 6.45) is 3.38. The van der Waals surface area contributed by atoms with Gasteiger partial charge in [0.2, 0.25) is 0 Å². The van der Waals surface area contributed by atoms with Crippen LogP contribution in [0.2, 0.25) is 0 Å². The van der Waals surface area contributed by atoms with Gasteiger partial charge in [0.05, 0.1) is 31.2 Å². The van der Waals surface area contributed by atoms with E-state index in [4.69, 9.17) is 4.74 Å². The van der Waals surface area contributed by atoms with Crippen LogP contribution in [0.5, 0.6) is 0 Å². The number of morpholine rings is 1. The Labute approximate surface area is 98.2 Å². The fraction of sp³-hybridized carbons (Fsp3) is 0.455. The van der Waals surface area contributed by atoms with Gasteiger partial charge in [0, 0.05) is 12.7 Å². The summed E-state index contributed by atoms with van der Waals surface area (Å²) in [6.45, 7) is 2.00. The summed E-state index contributed by atoms with van der Waals surface area (Å²) in [6, 6.07) is 1.92. The van der Waals surface area contributed by atoms with Crippen molar-refractivity contribution in [1.29, 1.82) is 0 Å². The maximum Gasteiger partial charge on any atom is 0.142 e. The summed E-state index contributed by atoms with van der Waals surface area (Å²) in [5, 5.41) is 10.4. The highest BCUT2D eigenvalue weighted by Gasteiger charge is 2.25. The van der Waals surface area contributed by atoms with Crippen LogP contribution in [0.1, 0.15) is 0 Å².